The second-order valence-corrected chi connectivity index (χ2v) is 8.40. The maximum atomic E-state index is 14.8. The Hall–Kier alpha value is -4.60. The van der Waals surface area contributed by atoms with Crippen LogP contribution >= 0.6 is 0 Å². The number of rotatable bonds is 8. The highest BCUT2D eigenvalue weighted by Crippen LogP contribution is 2.34. The van der Waals surface area contributed by atoms with Gasteiger partial charge in [0.2, 0.25) is 0 Å². The van der Waals surface area contributed by atoms with Crippen LogP contribution in [-0.4, -0.2) is 26.0 Å². The van der Waals surface area contributed by atoms with Crippen molar-refractivity contribution in [1.82, 2.24) is 15.0 Å². The molecule has 37 heavy (non-hydrogen) atoms. The number of aliphatic carboxylic acids is 1. The summed E-state index contributed by atoms with van der Waals surface area (Å²) in [6.45, 7) is 0. The Bertz CT molecular complexity index is 1630. The van der Waals surface area contributed by atoms with Gasteiger partial charge < -0.3 is 19.8 Å². The SMILES string of the molecule is O=C(O)CCc1cccc(Cc2cnc(-c3cc(Oc4c(F)cc5[nH]ccc5c4F)ccc3F)[nH]2)c1F. The fraction of sp³-hybridized carbons (Fsp3) is 0.111. The summed E-state index contributed by atoms with van der Waals surface area (Å²) < 4.78 is 64.2. The predicted molar refractivity (Wildman–Crippen MR) is 127 cm³/mol. The standard InChI is InChI=1S/C27H19F4N3O3/c28-20-6-5-17(37-26-21(29)12-22-18(25(26)31)8-9-32-22)11-19(20)27-33-13-16(34-27)10-15-3-1-2-14(24(15)30)4-7-23(35)36/h1-3,5-6,8-9,11-13,32H,4,7,10H2,(H,33,34)(H,35,36). The molecule has 0 aliphatic rings. The molecule has 0 unspecified atom stereocenters. The molecule has 0 radical (unpaired) electrons. The van der Waals surface area contributed by atoms with Gasteiger partial charge in [0.05, 0.1) is 11.1 Å². The molecule has 3 N–H and O–H groups in total. The van der Waals surface area contributed by atoms with Crippen molar-refractivity contribution in [3.63, 3.8) is 0 Å². The van der Waals surface area contributed by atoms with Crippen LogP contribution < -0.4 is 4.74 Å². The molecule has 2 aromatic heterocycles. The minimum absolute atomic E-state index is 0.0111. The number of hydrogen-bond acceptors (Lipinski definition) is 3. The molecule has 0 fully saturated rings. The highest BCUT2D eigenvalue weighted by atomic mass is 19.1. The molecule has 0 bridgehead atoms. The quantitative estimate of drug-likeness (QED) is 0.208. The first-order chi connectivity index (χ1) is 17.8. The minimum Gasteiger partial charge on any atom is -0.481 e. The van der Waals surface area contributed by atoms with Crippen LogP contribution in [0.3, 0.4) is 0 Å². The number of aromatic nitrogens is 3. The third-order valence-corrected chi connectivity index (χ3v) is 5.89. The lowest BCUT2D eigenvalue weighted by Crippen LogP contribution is -2.02. The molecule has 6 nitrogen and oxygen atoms in total. The third kappa shape index (κ3) is 4.90. The zero-order chi connectivity index (χ0) is 26.1. The van der Waals surface area contributed by atoms with Crippen LogP contribution in [-0.2, 0) is 17.6 Å². The number of nitrogens with zero attached hydrogens (tertiary/aromatic N) is 1. The normalized spacial score (nSPS) is 11.2. The van der Waals surface area contributed by atoms with Gasteiger partial charge in [0.1, 0.15) is 23.2 Å². The summed E-state index contributed by atoms with van der Waals surface area (Å²) in [6, 6.07) is 10.9. The number of fused-ring (bicyclic) bond motifs is 1. The van der Waals surface area contributed by atoms with Crippen LogP contribution in [0.4, 0.5) is 17.6 Å². The maximum absolute atomic E-state index is 14.8. The van der Waals surface area contributed by atoms with E-state index >= 15 is 0 Å². The molecule has 0 saturated carbocycles. The fourth-order valence-electron chi connectivity index (χ4n) is 4.07. The van der Waals surface area contributed by atoms with Gasteiger partial charge in [0.25, 0.3) is 0 Å². The number of ether oxygens (including phenoxy) is 1. The molecule has 5 aromatic rings. The van der Waals surface area contributed by atoms with Crippen LogP contribution in [0, 0.1) is 23.3 Å². The number of nitrogens with one attached hydrogen (secondary N) is 2. The van der Waals surface area contributed by atoms with Crippen molar-refractivity contribution in [1.29, 1.82) is 0 Å². The summed E-state index contributed by atoms with van der Waals surface area (Å²) in [5, 5.41) is 9.00. The number of carboxylic acids is 1. The summed E-state index contributed by atoms with van der Waals surface area (Å²) >= 11 is 0. The number of aryl methyl sites for hydroxylation is 1. The molecule has 0 atom stereocenters. The van der Waals surface area contributed by atoms with Crippen LogP contribution in [0.15, 0.2) is 60.9 Å². The van der Waals surface area contributed by atoms with E-state index in [0.717, 1.165) is 12.1 Å². The largest absolute Gasteiger partial charge is 0.481 e. The zero-order valence-corrected chi connectivity index (χ0v) is 19.1. The highest BCUT2D eigenvalue weighted by molar-refractivity contribution is 5.82. The van der Waals surface area contributed by atoms with Crippen molar-refractivity contribution in [2.75, 3.05) is 0 Å². The molecule has 2 heterocycles. The summed E-state index contributed by atoms with van der Waals surface area (Å²) in [7, 11) is 0. The van der Waals surface area contributed by atoms with E-state index in [4.69, 9.17) is 9.84 Å². The smallest absolute Gasteiger partial charge is 0.303 e. The van der Waals surface area contributed by atoms with Crippen molar-refractivity contribution >= 4 is 16.9 Å². The van der Waals surface area contributed by atoms with E-state index in [-0.39, 0.29) is 52.9 Å². The molecule has 10 heteroatoms. The van der Waals surface area contributed by atoms with E-state index < -0.39 is 35.0 Å². The number of hydrogen-bond donors (Lipinski definition) is 3. The average Bonchev–Trinajstić information content (AvgIpc) is 3.53. The number of carboxylic acid groups (broad SMARTS) is 1. The van der Waals surface area contributed by atoms with E-state index in [0.29, 0.717) is 11.3 Å². The van der Waals surface area contributed by atoms with Crippen LogP contribution in [0.25, 0.3) is 22.3 Å². The Labute approximate surface area is 207 Å². The molecule has 0 aliphatic heterocycles. The van der Waals surface area contributed by atoms with Gasteiger partial charge in [-0.15, -0.1) is 0 Å². The van der Waals surface area contributed by atoms with E-state index in [1.165, 1.54) is 36.7 Å². The lowest BCUT2D eigenvalue weighted by Gasteiger charge is -2.10. The molecule has 0 spiro atoms. The van der Waals surface area contributed by atoms with E-state index in [2.05, 4.69) is 15.0 Å². The predicted octanol–water partition coefficient (Wildman–Crippen LogP) is 6.51. The number of halogens is 4. The van der Waals surface area contributed by atoms with Gasteiger partial charge in [0, 0.05) is 42.4 Å². The van der Waals surface area contributed by atoms with Gasteiger partial charge in [-0.25, -0.2) is 22.5 Å². The van der Waals surface area contributed by atoms with Crippen molar-refractivity contribution in [3.05, 3.63) is 101 Å². The van der Waals surface area contributed by atoms with Crippen LogP contribution in [0.1, 0.15) is 23.2 Å². The molecule has 0 saturated heterocycles. The monoisotopic (exact) mass is 509 g/mol. The van der Waals surface area contributed by atoms with Crippen molar-refractivity contribution in [2.45, 2.75) is 19.3 Å². The summed E-state index contributed by atoms with van der Waals surface area (Å²) in [5.41, 5.74) is 1.34. The van der Waals surface area contributed by atoms with Gasteiger partial charge in [-0.3, -0.25) is 4.79 Å². The average molecular weight is 509 g/mol. The lowest BCUT2D eigenvalue weighted by molar-refractivity contribution is -0.136. The Morgan fingerprint density at radius 2 is 1.78 bits per heavy atom. The first-order valence-electron chi connectivity index (χ1n) is 11.2. The van der Waals surface area contributed by atoms with Crippen molar-refractivity contribution < 1.29 is 32.2 Å². The molecular weight excluding hydrogens is 490 g/mol. The number of H-pyrrole nitrogens is 2. The topological polar surface area (TPSA) is 91.0 Å². The third-order valence-electron chi connectivity index (χ3n) is 5.89. The molecule has 0 amide bonds. The number of aromatic amines is 2. The zero-order valence-electron chi connectivity index (χ0n) is 19.1. The Balaban J connectivity index is 1.39. The molecular formula is C27H19F4N3O3. The highest BCUT2D eigenvalue weighted by Gasteiger charge is 2.19. The van der Waals surface area contributed by atoms with Gasteiger partial charge in [0.15, 0.2) is 17.4 Å². The Kier molecular flexibility index (Phi) is 6.39. The Morgan fingerprint density at radius 1 is 0.973 bits per heavy atom. The van der Waals surface area contributed by atoms with E-state index in [1.807, 2.05) is 0 Å². The van der Waals surface area contributed by atoms with E-state index in [9.17, 15) is 22.4 Å². The molecule has 0 aliphatic carbocycles. The summed E-state index contributed by atoms with van der Waals surface area (Å²) in [6.07, 6.45) is 2.85. The van der Waals surface area contributed by atoms with Crippen molar-refractivity contribution in [3.8, 4) is 22.9 Å². The molecule has 5 rings (SSSR count). The van der Waals surface area contributed by atoms with E-state index in [1.54, 1.807) is 12.1 Å². The van der Waals surface area contributed by atoms with Gasteiger partial charge >= 0.3 is 5.97 Å². The fourth-order valence-corrected chi connectivity index (χ4v) is 4.07. The number of carbonyl (C=O) groups is 1. The maximum Gasteiger partial charge on any atom is 0.303 e. The summed E-state index contributed by atoms with van der Waals surface area (Å²) in [5.74, 6) is -4.53. The Morgan fingerprint density at radius 3 is 2.59 bits per heavy atom. The second-order valence-electron chi connectivity index (χ2n) is 8.40. The van der Waals surface area contributed by atoms with Gasteiger partial charge in [-0.2, -0.15) is 0 Å². The number of imidazole rings is 1. The summed E-state index contributed by atoms with van der Waals surface area (Å²) in [4.78, 5) is 20.6. The van der Waals surface area contributed by atoms with Gasteiger partial charge in [-0.1, -0.05) is 18.2 Å². The molecule has 188 valence electrons. The first kappa shape index (κ1) is 24.1. The second kappa shape index (κ2) is 9.81. The van der Waals surface area contributed by atoms with Crippen LogP contribution in [0.5, 0.6) is 11.5 Å². The van der Waals surface area contributed by atoms with Gasteiger partial charge in [-0.05, 0) is 41.8 Å². The van der Waals surface area contributed by atoms with Crippen LogP contribution in [0.2, 0.25) is 0 Å². The minimum atomic E-state index is -1.02. The number of benzene rings is 3. The first-order valence-corrected chi connectivity index (χ1v) is 11.2. The lowest BCUT2D eigenvalue weighted by atomic mass is 10.0. The van der Waals surface area contributed by atoms with Crippen molar-refractivity contribution in [2.24, 2.45) is 0 Å². The molecule has 3 aromatic carbocycles.